The summed E-state index contributed by atoms with van der Waals surface area (Å²) in [6.07, 6.45) is 1.16. The highest BCUT2D eigenvalue weighted by Crippen LogP contribution is 2.44. The van der Waals surface area contributed by atoms with Crippen molar-refractivity contribution < 1.29 is 12.8 Å². The van der Waals surface area contributed by atoms with Gasteiger partial charge in [-0.1, -0.05) is 12.1 Å². The Hall–Kier alpha value is -0.940. The van der Waals surface area contributed by atoms with Gasteiger partial charge >= 0.3 is 0 Å². The summed E-state index contributed by atoms with van der Waals surface area (Å²) < 4.78 is 35.5. The molecule has 1 aromatic rings. The van der Waals surface area contributed by atoms with Crippen molar-refractivity contribution in [2.75, 3.05) is 6.26 Å². The smallest absolute Gasteiger partial charge is 0.152 e. The van der Waals surface area contributed by atoms with Gasteiger partial charge in [-0.05, 0) is 17.7 Å². The molecule has 0 unspecified atom stereocenters. The van der Waals surface area contributed by atoms with Gasteiger partial charge in [-0.15, -0.1) is 0 Å². The lowest BCUT2D eigenvalue weighted by Crippen LogP contribution is -2.13. The minimum Gasteiger partial charge on any atom is -0.326 e. The van der Waals surface area contributed by atoms with Crippen LogP contribution in [0.3, 0.4) is 0 Å². The van der Waals surface area contributed by atoms with E-state index in [9.17, 15) is 12.8 Å². The maximum absolute atomic E-state index is 12.9. The Kier molecular flexibility index (Phi) is 2.31. The van der Waals surface area contributed by atoms with E-state index >= 15 is 0 Å². The highest BCUT2D eigenvalue weighted by atomic mass is 32.2. The SMILES string of the molecule is CS(=O)(=O)[C@H]1[C@@H](N)[C@@H]1c1cccc(F)c1. The molecule has 0 aromatic heterocycles. The minimum atomic E-state index is -3.14. The molecule has 3 nitrogen and oxygen atoms in total. The van der Waals surface area contributed by atoms with Crippen LogP contribution in [-0.2, 0) is 9.84 Å². The first kappa shape index (κ1) is 10.6. The Morgan fingerprint density at radius 2 is 2.07 bits per heavy atom. The zero-order chi connectivity index (χ0) is 11.2. The molecule has 2 rings (SSSR count). The maximum atomic E-state index is 12.9. The van der Waals surface area contributed by atoms with Crippen LogP contribution in [0.5, 0.6) is 0 Å². The predicted molar refractivity (Wildman–Crippen MR) is 55.7 cm³/mol. The molecule has 1 aliphatic carbocycles. The lowest BCUT2D eigenvalue weighted by molar-refractivity contribution is 0.599. The first-order chi connectivity index (χ1) is 6.91. The van der Waals surface area contributed by atoms with Gasteiger partial charge in [0.1, 0.15) is 5.82 Å². The molecule has 1 saturated carbocycles. The summed E-state index contributed by atoms with van der Waals surface area (Å²) >= 11 is 0. The van der Waals surface area contributed by atoms with Crippen molar-refractivity contribution in [3.8, 4) is 0 Å². The van der Waals surface area contributed by atoms with Gasteiger partial charge in [0.05, 0.1) is 5.25 Å². The second-order valence-electron chi connectivity index (χ2n) is 3.95. The summed E-state index contributed by atoms with van der Waals surface area (Å²) in [4.78, 5) is 0. The van der Waals surface area contributed by atoms with E-state index in [1.54, 1.807) is 12.1 Å². The average Bonchev–Trinajstić information content (AvgIpc) is 2.76. The summed E-state index contributed by atoms with van der Waals surface area (Å²) in [5, 5.41) is -0.556. The Morgan fingerprint density at radius 3 is 2.53 bits per heavy atom. The van der Waals surface area contributed by atoms with Gasteiger partial charge < -0.3 is 5.73 Å². The Morgan fingerprint density at radius 1 is 1.40 bits per heavy atom. The molecule has 1 aromatic carbocycles. The van der Waals surface area contributed by atoms with Crippen molar-refractivity contribution in [3.05, 3.63) is 35.6 Å². The van der Waals surface area contributed by atoms with Crippen LogP contribution in [-0.4, -0.2) is 26.0 Å². The molecule has 0 amide bonds. The quantitative estimate of drug-likeness (QED) is 0.810. The first-order valence-electron chi connectivity index (χ1n) is 4.61. The minimum absolute atomic E-state index is 0.254. The standard InChI is InChI=1S/C10H12FNO2S/c1-15(13,14)10-8(9(10)12)6-3-2-4-7(11)5-6/h2-5,8-10H,12H2,1H3/t8-,9-,10+/m0/s1. The molecule has 5 heteroatoms. The maximum Gasteiger partial charge on any atom is 0.152 e. The number of benzene rings is 1. The molecule has 0 bridgehead atoms. The van der Waals surface area contributed by atoms with Crippen LogP contribution in [0, 0.1) is 5.82 Å². The third-order valence-electron chi connectivity index (χ3n) is 2.74. The monoisotopic (exact) mass is 229 g/mol. The summed E-state index contributed by atoms with van der Waals surface area (Å²) in [5.41, 5.74) is 6.34. The van der Waals surface area contributed by atoms with E-state index in [-0.39, 0.29) is 11.7 Å². The molecule has 0 saturated heterocycles. The second-order valence-corrected chi connectivity index (χ2v) is 6.16. The van der Waals surface area contributed by atoms with Crippen LogP contribution in [0.4, 0.5) is 4.39 Å². The van der Waals surface area contributed by atoms with Gasteiger partial charge in [-0.25, -0.2) is 12.8 Å². The topological polar surface area (TPSA) is 60.2 Å². The van der Waals surface area contributed by atoms with Crippen molar-refractivity contribution in [3.63, 3.8) is 0 Å². The van der Waals surface area contributed by atoms with Crippen LogP contribution in [0.2, 0.25) is 0 Å². The molecule has 0 heterocycles. The van der Waals surface area contributed by atoms with E-state index in [1.807, 2.05) is 0 Å². The summed E-state index contributed by atoms with van der Waals surface area (Å²) in [5.74, 6) is -0.616. The van der Waals surface area contributed by atoms with Gasteiger partial charge in [0.2, 0.25) is 0 Å². The van der Waals surface area contributed by atoms with Crippen LogP contribution in [0.25, 0.3) is 0 Å². The van der Waals surface area contributed by atoms with Gasteiger partial charge in [0.25, 0.3) is 0 Å². The molecule has 2 N–H and O–H groups in total. The molecule has 1 aliphatic rings. The first-order valence-corrected chi connectivity index (χ1v) is 6.56. The Labute approximate surface area is 88.0 Å². The number of halogens is 1. The van der Waals surface area contributed by atoms with Crippen LogP contribution in [0.1, 0.15) is 11.5 Å². The molecule has 15 heavy (non-hydrogen) atoms. The van der Waals surface area contributed by atoms with E-state index < -0.39 is 21.1 Å². The zero-order valence-electron chi connectivity index (χ0n) is 8.22. The van der Waals surface area contributed by atoms with Crippen molar-refractivity contribution in [1.82, 2.24) is 0 Å². The summed E-state index contributed by atoms with van der Waals surface area (Å²) in [7, 11) is -3.14. The number of sulfone groups is 1. The average molecular weight is 229 g/mol. The van der Waals surface area contributed by atoms with Gasteiger partial charge in [-0.2, -0.15) is 0 Å². The largest absolute Gasteiger partial charge is 0.326 e. The summed E-state index contributed by atoms with van der Waals surface area (Å²) in [6.45, 7) is 0. The molecule has 82 valence electrons. The van der Waals surface area contributed by atoms with E-state index in [0.717, 1.165) is 6.26 Å². The normalized spacial score (nSPS) is 30.2. The fourth-order valence-corrected chi connectivity index (χ4v) is 3.50. The van der Waals surface area contributed by atoms with Gasteiger partial charge in [-0.3, -0.25) is 0 Å². The van der Waals surface area contributed by atoms with Crippen LogP contribution >= 0.6 is 0 Å². The fraction of sp³-hybridized carbons (Fsp3) is 0.400. The van der Waals surface area contributed by atoms with Crippen LogP contribution in [0.15, 0.2) is 24.3 Å². The van der Waals surface area contributed by atoms with Crippen LogP contribution < -0.4 is 5.73 Å². The van der Waals surface area contributed by atoms with Gasteiger partial charge in [0.15, 0.2) is 9.84 Å². The number of rotatable bonds is 2. The molecule has 1 fully saturated rings. The molecule has 0 radical (unpaired) electrons. The lowest BCUT2D eigenvalue weighted by atomic mass is 10.1. The van der Waals surface area contributed by atoms with Crippen molar-refractivity contribution >= 4 is 9.84 Å². The van der Waals surface area contributed by atoms with Gasteiger partial charge in [0, 0.05) is 18.2 Å². The Balaban J connectivity index is 2.29. The number of nitrogens with two attached hydrogens (primary N) is 1. The highest BCUT2D eigenvalue weighted by molar-refractivity contribution is 7.91. The van der Waals surface area contributed by atoms with Crippen molar-refractivity contribution in [1.29, 1.82) is 0 Å². The molecule has 3 atom stereocenters. The van der Waals surface area contributed by atoms with E-state index in [2.05, 4.69) is 0 Å². The number of hydrogen-bond donors (Lipinski definition) is 1. The molecule has 0 aliphatic heterocycles. The molecular weight excluding hydrogens is 217 g/mol. The fourth-order valence-electron chi connectivity index (χ4n) is 1.98. The van der Waals surface area contributed by atoms with E-state index in [0.29, 0.717) is 5.56 Å². The van der Waals surface area contributed by atoms with E-state index in [4.69, 9.17) is 5.73 Å². The Bertz CT molecular complexity index is 486. The second kappa shape index (κ2) is 3.28. The lowest BCUT2D eigenvalue weighted by Gasteiger charge is -1.98. The summed E-state index contributed by atoms with van der Waals surface area (Å²) in [6, 6.07) is 5.54. The third kappa shape index (κ3) is 1.89. The number of hydrogen-bond acceptors (Lipinski definition) is 3. The van der Waals surface area contributed by atoms with Crippen molar-refractivity contribution in [2.24, 2.45) is 5.73 Å². The van der Waals surface area contributed by atoms with Crippen molar-refractivity contribution in [2.45, 2.75) is 17.2 Å². The zero-order valence-corrected chi connectivity index (χ0v) is 9.04. The molecular formula is C10H12FNO2S. The molecule has 0 spiro atoms. The highest BCUT2D eigenvalue weighted by Gasteiger charge is 2.54. The third-order valence-corrected chi connectivity index (χ3v) is 4.33. The predicted octanol–water partition coefficient (Wildman–Crippen LogP) is 0.663. The van der Waals surface area contributed by atoms with E-state index in [1.165, 1.54) is 12.1 Å².